The molecule has 0 bridgehead atoms. The molecule has 152 valence electrons. The fourth-order valence-corrected chi connectivity index (χ4v) is 3.56. The molecule has 2 aliphatic rings. The van der Waals surface area contributed by atoms with Crippen LogP contribution in [0.25, 0.3) is 0 Å². The maximum atomic E-state index is 5.34. The number of aliphatic imine (C=N–C) groups is 1. The normalized spacial score (nSPS) is 20.2. The SMILES string of the molecule is CN=C(NCC1(C)COC1)N1CCN(Cc2ccc(C(C)C)cc2)CC1.I. The van der Waals surface area contributed by atoms with E-state index in [0.29, 0.717) is 5.92 Å². The summed E-state index contributed by atoms with van der Waals surface area (Å²) in [5, 5.41) is 3.54. The zero-order chi connectivity index (χ0) is 18.6. The third-order valence-corrected chi connectivity index (χ3v) is 5.51. The van der Waals surface area contributed by atoms with Crippen LogP contribution in [0.5, 0.6) is 0 Å². The molecule has 0 atom stereocenters. The van der Waals surface area contributed by atoms with E-state index in [-0.39, 0.29) is 29.4 Å². The fraction of sp³-hybridized carbons (Fsp3) is 0.667. The molecule has 2 saturated heterocycles. The quantitative estimate of drug-likeness (QED) is 0.395. The molecular weight excluding hydrogens is 451 g/mol. The van der Waals surface area contributed by atoms with Gasteiger partial charge in [0.1, 0.15) is 0 Å². The van der Waals surface area contributed by atoms with Crippen molar-refractivity contribution in [1.29, 1.82) is 0 Å². The van der Waals surface area contributed by atoms with E-state index < -0.39 is 0 Å². The molecule has 0 aromatic heterocycles. The largest absolute Gasteiger partial charge is 0.380 e. The van der Waals surface area contributed by atoms with Crippen LogP contribution in [0.4, 0.5) is 0 Å². The van der Waals surface area contributed by atoms with Gasteiger partial charge in [-0.05, 0) is 17.0 Å². The molecule has 0 unspecified atom stereocenters. The first-order valence-corrected chi connectivity index (χ1v) is 9.84. The number of hydrogen-bond donors (Lipinski definition) is 1. The highest BCUT2D eigenvalue weighted by Crippen LogP contribution is 2.25. The average Bonchev–Trinajstić information content (AvgIpc) is 2.62. The maximum Gasteiger partial charge on any atom is 0.193 e. The van der Waals surface area contributed by atoms with Gasteiger partial charge in [0.2, 0.25) is 0 Å². The Morgan fingerprint density at radius 2 is 1.78 bits per heavy atom. The number of benzene rings is 1. The van der Waals surface area contributed by atoms with Crippen LogP contribution in [0.3, 0.4) is 0 Å². The molecule has 1 aromatic carbocycles. The molecule has 0 aliphatic carbocycles. The molecule has 6 heteroatoms. The van der Waals surface area contributed by atoms with E-state index in [9.17, 15) is 0 Å². The van der Waals surface area contributed by atoms with Crippen molar-refractivity contribution >= 4 is 29.9 Å². The summed E-state index contributed by atoms with van der Waals surface area (Å²) >= 11 is 0. The number of ether oxygens (including phenoxy) is 1. The lowest BCUT2D eigenvalue weighted by atomic mass is 9.89. The van der Waals surface area contributed by atoms with Crippen LogP contribution in [-0.4, -0.2) is 68.7 Å². The number of hydrogen-bond acceptors (Lipinski definition) is 3. The topological polar surface area (TPSA) is 40.1 Å². The van der Waals surface area contributed by atoms with Crippen molar-refractivity contribution in [3.8, 4) is 0 Å². The third kappa shape index (κ3) is 6.06. The van der Waals surface area contributed by atoms with Gasteiger partial charge in [-0.15, -0.1) is 24.0 Å². The molecular formula is C21H35IN4O. The first kappa shape index (κ1) is 22.4. The highest BCUT2D eigenvalue weighted by Gasteiger charge is 2.33. The Bertz CT molecular complexity index is 605. The van der Waals surface area contributed by atoms with E-state index in [1.54, 1.807) is 0 Å². The van der Waals surface area contributed by atoms with Crippen molar-refractivity contribution in [2.24, 2.45) is 10.4 Å². The van der Waals surface area contributed by atoms with E-state index in [1.165, 1.54) is 11.1 Å². The van der Waals surface area contributed by atoms with Gasteiger partial charge in [-0.3, -0.25) is 9.89 Å². The minimum absolute atomic E-state index is 0. The number of piperazine rings is 1. The van der Waals surface area contributed by atoms with Gasteiger partial charge in [0.15, 0.2) is 5.96 Å². The molecule has 0 radical (unpaired) electrons. The Labute approximate surface area is 181 Å². The first-order valence-electron chi connectivity index (χ1n) is 9.84. The molecule has 3 rings (SSSR count). The molecule has 1 N–H and O–H groups in total. The summed E-state index contributed by atoms with van der Waals surface area (Å²) in [6.45, 7) is 14.6. The summed E-state index contributed by atoms with van der Waals surface area (Å²) in [6, 6.07) is 9.10. The summed E-state index contributed by atoms with van der Waals surface area (Å²) in [5.41, 5.74) is 3.09. The van der Waals surface area contributed by atoms with Crippen LogP contribution in [0, 0.1) is 5.41 Å². The summed E-state index contributed by atoms with van der Waals surface area (Å²) in [7, 11) is 1.88. The van der Waals surface area contributed by atoms with Crippen molar-refractivity contribution in [2.45, 2.75) is 33.2 Å². The Kier molecular flexibility index (Phi) is 8.37. The Morgan fingerprint density at radius 3 is 2.26 bits per heavy atom. The van der Waals surface area contributed by atoms with Gasteiger partial charge in [-0.25, -0.2) is 0 Å². The predicted octanol–water partition coefficient (Wildman–Crippen LogP) is 3.16. The Hall–Kier alpha value is -0.860. The summed E-state index contributed by atoms with van der Waals surface area (Å²) in [4.78, 5) is 9.39. The molecule has 2 heterocycles. The second-order valence-corrected chi connectivity index (χ2v) is 8.36. The monoisotopic (exact) mass is 486 g/mol. The molecule has 0 spiro atoms. The zero-order valence-corrected chi connectivity index (χ0v) is 19.5. The number of nitrogens with zero attached hydrogens (tertiary/aromatic N) is 3. The fourth-order valence-electron chi connectivity index (χ4n) is 3.56. The average molecular weight is 486 g/mol. The minimum Gasteiger partial charge on any atom is -0.380 e. The number of halogens is 1. The van der Waals surface area contributed by atoms with Gasteiger partial charge >= 0.3 is 0 Å². The smallest absolute Gasteiger partial charge is 0.193 e. The number of rotatable bonds is 5. The van der Waals surface area contributed by atoms with Crippen molar-refractivity contribution in [1.82, 2.24) is 15.1 Å². The van der Waals surface area contributed by atoms with E-state index >= 15 is 0 Å². The second-order valence-electron chi connectivity index (χ2n) is 8.36. The Morgan fingerprint density at radius 1 is 1.15 bits per heavy atom. The van der Waals surface area contributed by atoms with Gasteiger partial charge in [-0.1, -0.05) is 45.0 Å². The van der Waals surface area contributed by atoms with Gasteiger partial charge < -0.3 is 15.0 Å². The zero-order valence-electron chi connectivity index (χ0n) is 17.2. The van der Waals surface area contributed by atoms with Crippen LogP contribution < -0.4 is 5.32 Å². The van der Waals surface area contributed by atoms with Gasteiger partial charge in [0, 0.05) is 51.7 Å². The number of nitrogens with one attached hydrogen (secondary N) is 1. The van der Waals surface area contributed by atoms with Gasteiger partial charge in [-0.2, -0.15) is 0 Å². The first-order chi connectivity index (χ1) is 12.5. The van der Waals surface area contributed by atoms with Crippen LogP contribution in [0.15, 0.2) is 29.3 Å². The van der Waals surface area contributed by atoms with Crippen molar-refractivity contribution < 1.29 is 4.74 Å². The standard InChI is InChI=1S/C21H34N4O.HI/c1-17(2)19-7-5-18(6-8-19)13-24-9-11-25(12-10-24)20(22-4)23-14-21(3)15-26-16-21;/h5-8,17H,9-16H2,1-4H3,(H,22,23);1H. The lowest BCUT2D eigenvalue weighted by molar-refractivity contribution is -0.0973. The van der Waals surface area contributed by atoms with E-state index in [0.717, 1.165) is 58.4 Å². The van der Waals surface area contributed by atoms with Gasteiger partial charge in [0.05, 0.1) is 13.2 Å². The van der Waals surface area contributed by atoms with Crippen LogP contribution in [-0.2, 0) is 11.3 Å². The van der Waals surface area contributed by atoms with E-state index in [2.05, 4.69) is 65.1 Å². The van der Waals surface area contributed by atoms with Crippen molar-refractivity contribution in [3.63, 3.8) is 0 Å². The summed E-state index contributed by atoms with van der Waals surface area (Å²) < 4.78 is 5.34. The summed E-state index contributed by atoms with van der Waals surface area (Å²) in [5.74, 6) is 1.62. The molecule has 0 saturated carbocycles. The summed E-state index contributed by atoms with van der Waals surface area (Å²) in [6.07, 6.45) is 0. The van der Waals surface area contributed by atoms with E-state index in [4.69, 9.17) is 4.74 Å². The lowest BCUT2D eigenvalue weighted by Crippen LogP contribution is -2.55. The molecule has 0 amide bonds. The molecule has 5 nitrogen and oxygen atoms in total. The van der Waals surface area contributed by atoms with Crippen LogP contribution >= 0.6 is 24.0 Å². The molecule has 1 aromatic rings. The van der Waals surface area contributed by atoms with Crippen molar-refractivity contribution in [3.05, 3.63) is 35.4 Å². The van der Waals surface area contributed by atoms with Crippen molar-refractivity contribution in [2.75, 3.05) is 53.0 Å². The minimum atomic E-state index is 0. The Balaban J connectivity index is 0.00000261. The third-order valence-electron chi connectivity index (χ3n) is 5.51. The number of guanidine groups is 1. The highest BCUT2D eigenvalue weighted by molar-refractivity contribution is 14.0. The van der Waals surface area contributed by atoms with Crippen LogP contribution in [0.2, 0.25) is 0 Å². The van der Waals surface area contributed by atoms with Crippen LogP contribution in [0.1, 0.15) is 37.8 Å². The predicted molar refractivity (Wildman–Crippen MR) is 123 cm³/mol. The highest BCUT2D eigenvalue weighted by atomic mass is 127. The van der Waals surface area contributed by atoms with Gasteiger partial charge in [0.25, 0.3) is 0 Å². The van der Waals surface area contributed by atoms with E-state index in [1.807, 2.05) is 7.05 Å². The molecule has 2 fully saturated rings. The lowest BCUT2D eigenvalue weighted by Gasteiger charge is -2.41. The molecule has 27 heavy (non-hydrogen) atoms. The second kappa shape index (κ2) is 10.1. The maximum absolute atomic E-state index is 5.34. The molecule has 2 aliphatic heterocycles.